The SMILES string of the molecule is CCC1(CC)OC(=O)N(CCC(C)(C)NCC(O)c2ccc(O)c(CS(N)(=O)=O)c2)c2ccccc21. The number of fused-ring (bicyclic) bond motifs is 1. The van der Waals surface area contributed by atoms with Crippen molar-refractivity contribution in [3.05, 3.63) is 59.2 Å². The summed E-state index contributed by atoms with van der Waals surface area (Å²) in [5.41, 5.74) is 1.40. The van der Waals surface area contributed by atoms with E-state index in [0.29, 0.717) is 31.4 Å². The van der Waals surface area contributed by atoms with Crippen molar-refractivity contribution in [2.45, 2.75) is 70.0 Å². The van der Waals surface area contributed by atoms with Crippen LogP contribution in [0.4, 0.5) is 10.5 Å². The molecule has 1 atom stereocenters. The van der Waals surface area contributed by atoms with E-state index in [-0.39, 0.29) is 24.0 Å². The number of nitrogens with zero attached hydrogens (tertiary/aromatic N) is 1. The number of carbonyl (C=O) groups excluding carboxylic acids is 1. The van der Waals surface area contributed by atoms with Gasteiger partial charge in [-0.3, -0.25) is 4.90 Å². The molecule has 1 unspecified atom stereocenters. The molecule has 0 aromatic heterocycles. The average Bonchev–Trinajstić information content (AvgIpc) is 2.82. The second-order valence-electron chi connectivity index (χ2n) is 9.96. The van der Waals surface area contributed by atoms with Gasteiger partial charge in [-0.15, -0.1) is 0 Å². The third kappa shape index (κ3) is 6.36. The fourth-order valence-corrected chi connectivity index (χ4v) is 5.24. The van der Waals surface area contributed by atoms with Crippen molar-refractivity contribution in [3.8, 4) is 5.75 Å². The van der Waals surface area contributed by atoms with Crippen LogP contribution < -0.4 is 15.4 Å². The van der Waals surface area contributed by atoms with E-state index in [9.17, 15) is 23.4 Å². The molecule has 3 rings (SSSR count). The van der Waals surface area contributed by atoms with Crippen molar-refractivity contribution in [3.63, 3.8) is 0 Å². The molecule has 1 heterocycles. The van der Waals surface area contributed by atoms with E-state index in [2.05, 4.69) is 5.32 Å². The number of aliphatic hydroxyl groups is 1. The number of rotatable bonds is 11. The quantitative estimate of drug-likeness (QED) is 0.355. The largest absolute Gasteiger partial charge is 0.508 e. The van der Waals surface area contributed by atoms with Crippen LogP contribution in [0.3, 0.4) is 0 Å². The highest BCUT2D eigenvalue weighted by molar-refractivity contribution is 7.88. The van der Waals surface area contributed by atoms with Gasteiger partial charge in [-0.05, 0) is 56.9 Å². The molecule has 0 fully saturated rings. The summed E-state index contributed by atoms with van der Waals surface area (Å²) in [6.07, 6.45) is 0.669. The lowest BCUT2D eigenvalue weighted by Gasteiger charge is -2.42. The Morgan fingerprint density at radius 1 is 1.17 bits per heavy atom. The van der Waals surface area contributed by atoms with Crippen molar-refractivity contribution in [2.75, 3.05) is 18.0 Å². The third-order valence-corrected chi connectivity index (χ3v) is 7.62. The Bertz CT molecular complexity index is 1190. The van der Waals surface area contributed by atoms with Gasteiger partial charge in [-0.2, -0.15) is 0 Å². The zero-order chi connectivity index (χ0) is 26.7. The summed E-state index contributed by atoms with van der Waals surface area (Å²) in [5.74, 6) is -0.722. The van der Waals surface area contributed by atoms with Crippen LogP contribution in [0.1, 0.15) is 69.8 Å². The molecule has 0 spiro atoms. The lowest BCUT2D eigenvalue weighted by molar-refractivity contribution is -0.00134. The zero-order valence-electron chi connectivity index (χ0n) is 21.3. The molecule has 1 aliphatic heterocycles. The number of sulfonamides is 1. The number of carbonyl (C=O) groups is 1. The van der Waals surface area contributed by atoms with Gasteiger partial charge in [0.05, 0.1) is 17.5 Å². The zero-order valence-corrected chi connectivity index (χ0v) is 22.1. The minimum Gasteiger partial charge on any atom is -0.508 e. The number of cyclic esters (lactones) is 1. The molecule has 0 saturated carbocycles. The van der Waals surface area contributed by atoms with Gasteiger partial charge in [0, 0.05) is 29.8 Å². The fourth-order valence-electron chi connectivity index (χ4n) is 4.57. The Kier molecular flexibility index (Phi) is 8.34. The Hall–Kier alpha value is -2.66. The van der Waals surface area contributed by atoms with Crippen molar-refractivity contribution < 1.29 is 28.2 Å². The first-order chi connectivity index (χ1) is 16.8. The Labute approximate surface area is 213 Å². The molecule has 36 heavy (non-hydrogen) atoms. The van der Waals surface area contributed by atoms with Crippen LogP contribution in [0, 0.1) is 0 Å². The van der Waals surface area contributed by atoms with Gasteiger partial charge in [-0.25, -0.2) is 18.4 Å². The topological polar surface area (TPSA) is 142 Å². The van der Waals surface area contributed by atoms with Gasteiger partial charge in [0.1, 0.15) is 11.4 Å². The number of phenols is 1. The number of anilines is 1. The molecule has 0 radical (unpaired) electrons. The maximum atomic E-state index is 13.0. The van der Waals surface area contributed by atoms with E-state index >= 15 is 0 Å². The number of nitrogens with one attached hydrogen (secondary N) is 1. The number of para-hydroxylation sites is 1. The number of β-amino-alcohol motifs (C(OH)–C–C–N with tert-alkyl or cyclic N) is 1. The number of hydrogen-bond donors (Lipinski definition) is 4. The summed E-state index contributed by atoms with van der Waals surface area (Å²) < 4.78 is 28.8. The first kappa shape index (κ1) is 27.9. The van der Waals surface area contributed by atoms with Gasteiger partial charge in [0.25, 0.3) is 0 Å². The molecule has 2 aromatic carbocycles. The minimum absolute atomic E-state index is 0.130. The van der Waals surface area contributed by atoms with Crippen molar-refractivity contribution in [2.24, 2.45) is 5.14 Å². The van der Waals surface area contributed by atoms with Crippen molar-refractivity contribution >= 4 is 21.8 Å². The molecule has 0 bridgehead atoms. The van der Waals surface area contributed by atoms with Crippen LogP contribution >= 0.6 is 0 Å². The van der Waals surface area contributed by atoms with E-state index in [0.717, 1.165) is 11.3 Å². The monoisotopic (exact) mass is 519 g/mol. The number of benzene rings is 2. The van der Waals surface area contributed by atoms with E-state index in [1.807, 2.05) is 52.0 Å². The summed E-state index contributed by atoms with van der Waals surface area (Å²) in [6, 6.07) is 12.2. The molecule has 2 aromatic rings. The first-order valence-electron chi connectivity index (χ1n) is 12.2. The minimum atomic E-state index is -3.83. The van der Waals surface area contributed by atoms with E-state index in [1.165, 1.54) is 18.2 Å². The Balaban J connectivity index is 1.67. The molecule has 5 N–H and O–H groups in total. The normalized spacial score (nSPS) is 16.4. The summed E-state index contributed by atoms with van der Waals surface area (Å²) in [6.45, 7) is 8.61. The molecular weight excluding hydrogens is 482 g/mol. The van der Waals surface area contributed by atoms with Crippen molar-refractivity contribution in [1.82, 2.24) is 5.32 Å². The second kappa shape index (κ2) is 10.8. The average molecular weight is 520 g/mol. The lowest BCUT2D eigenvalue weighted by atomic mass is 9.85. The van der Waals surface area contributed by atoms with Crippen LogP contribution in [0.25, 0.3) is 0 Å². The highest BCUT2D eigenvalue weighted by atomic mass is 32.2. The highest BCUT2D eigenvalue weighted by Gasteiger charge is 2.42. The van der Waals surface area contributed by atoms with Gasteiger partial charge in [0.15, 0.2) is 0 Å². The number of hydrogen-bond acceptors (Lipinski definition) is 7. The van der Waals surface area contributed by atoms with Gasteiger partial charge in [-0.1, -0.05) is 38.1 Å². The van der Waals surface area contributed by atoms with E-state index < -0.39 is 33.0 Å². The summed E-state index contributed by atoms with van der Waals surface area (Å²) in [7, 11) is -3.83. The molecule has 198 valence electrons. The van der Waals surface area contributed by atoms with Crippen LogP contribution in [0.2, 0.25) is 0 Å². The number of phenolic OH excluding ortho intramolecular Hbond substituents is 1. The molecule has 0 saturated heterocycles. The predicted molar refractivity (Wildman–Crippen MR) is 139 cm³/mol. The van der Waals surface area contributed by atoms with Crippen LogP contribution in [0.15, 0.2) is 42.5 Å². The van der Waals surface area contributed by atoms with E-state index in [1.54, 1.807) is 4.90 Å². The maximum Gasteiger partial charge on any atom is 0.415 e. The second-order valence-corrected chi connectivity index (χ2v) is 11.6. The molecule has 1 amide bonds. The van der Waals surface area contributed by atoms with Gasteiger partial charge in [0.2, 0.25) is 10.0 Å². The number of aliphatic hydroxyl groups excluding tert-OH is 1. The third-order valence-electron chi connectivity index (χ3n) is 6.91. The fraction of sp³-hybridized carbons (Fsp3) is 0.500. The standard InChI is InChI=1S/C26H37N3O6S/c1-5-26(6-2)20-9-7-8-10-21(20)29(24(32)35-26)14-13-25(3,4)28-16-23(31)18-11-12-22(30)19(15-18)17-36(27,33)34/h7-12,15,23,28,30-31H,5-6,13-14,16-17H2,1-4H3,(H2,27,33,34). The van der Waals surface area contributed by atoms with Gasteiger partial charge >= 0.3 is 6.09 Å². The number of amides is 1. The Morgan fingerprint density at radius 2 is 1.83 bits per heavy atom. The van der Waals surface area contributed by atoms with Crippen LogP contribution in [-0.4, -0.2) is 43.4 Å². The summed E-state index contributed by atoms with van der Waals surface area (Å²) >= 11 is 0. The molecular formula is C26H37N3O6S. The summed E-state index contributed by atoms with van der Waals surface area (Å²) in [5, 5.41) is 29.0. The molecule has 0 aliphatic carbocycles. The lowest BCUT2D eigenvalue weighted by Crippen LogP contribution is -2.49. The number of nitrogens with two attached hydrogens (primary N) is 1. The van der Waals surface area contributed by atoms with Crippen LogP contribution in [0.5, 0.6) is 5.75 Å². The number of primary sulfonamides is 1. The van der Waals surface area contributed by atoms with Gasteiger partial charge < -0.3 is 20.3 Å². The summed E-state index contributed by atoms with van der Waals surface area (Å²) in [4.78, 5) is 14.7. The van der Waals surface area contributed by atoms with Crippen LogP contribution in [-0.2, 0) is 26.1 Å². The highest BCUT2D eigenvalue weighted by Crippen LogP contribution is 2.43. The predicted octanol–water partition coefficient (Wildman–Crippen LogP) is 3.64. The number of ether oxygens (including phenoxy) is 1. The molecule has 1 aliphatic rings. The Morgan fingerprint density at radius 3 is 2.47 bits per heavy atom. The van der Waals surface area contributed by atoms with E-state index in [4.69, 9.17) is 9.88 Å². The number of aromatic hydroxyl groups is 1. The van der Waals surface area contributed by atoms with Crippen molar-refractivity contribution in [1.29, 1.82) is 0 Å². The maximum absolute atomic E-state index is 13.0. The first-order valence-corrected chi connectivity index (χ1v) is 13.9. The molecule has 9 nitrogen and oxygen atoms in total. The smallest absolute Gasteiger partial charge is 0.415 e. The molecule has 10 heteroatoms.